The van der Waals surface area contributed by atoms with Crippen LogP contribution in [0.3, 0.4) is 0 Å². The van der Waals surface area contributed by atoms with Gasteiger partial charge in [-0.25, -0.2) is 0 Å². The van der Waals surface area contributed by atoms with Gasteiger partial charge in [0.15, 0.2) is 0 Å². The van der Waals surface area contributed by atoms with E-state index in [9.17, 15) is 0 Å². The van der Waals surface area contributed by atoms with Gasteiger partial charge in [0.2, 0.25) is 0 Å². The Bertz CT molecular complexity index is 348. The second-order valence-electron chi connectivity index (χ2n) is 6.41. The normalized spacial score (nSPS) is 13.8. The first-order valence-corrected chi connectivity index (χ1v) is 11.1. The lowest BCUT2D eigenvalue weighted by Crippen LogP contribution is -2.41. The predicted molar refractivity (Wildman–Crippen MR) is 85.8 cm³/mol. The molecule has 0 heterocycles. The van der Waals surface area contributed by atoms with Crippen LogP contribution in [0.15, 0.2) is 30.3 Å². The molecule has 1 aromatic carbocycles. The van der Waals surface area contributed by atoms with E-state index in [1.165, 1.54) is 12.0 Å². The van der Waals surface area contributed by atoms with Crippen molar-refractivity contribution >= 4 is 8.07 Å². The van der Waals surface area contributed by atoms with E-state index in [0.717, 1.165) is 19.2 Å². The molecular formula is C16H29NOSi. The van der Waals surface area contributed by atoms with Crippen LogP contribution in [0.4, 0.5) is 0 Å². The van der Waals surface area contributed by atoms with Crippen molar-refractivity contribution in [2.45, 2.75) is 52.4 Å². The van der Waals surface area contributed by atoms with Crippen molar-refractivity contribution in [2.75, 3.05) is 12.8 Å². The van der Waals surface area contributed by atoms with Gasteiger partial charge in [0.05, 0.1) is 20.7 Å². The van der Waals surface area contributed by atoms with Crippen molar-refractivity contribution in [2.24, 2.45) is 0 Å². The topological polar surface area (TPSA) is 12.5 Å². The number of unbranched alkanes of at least 4 members (excludes halogenated alkanes) is 1. The maximum Gasteiger partial charge on any atom is 0.0685 e. The predicted octanol–water partition coefficient (Wildman–Crippen LogP) is 4.66. The Morgan fingerprint density at radius 2 is 1.79 bits per heavy atom. The molecule has 0 bridgehead atoms. The molecule has 1 atom stereocenters. The van der Waals surface area contributed by atoms with Gasteiger partial charge in [-0.15, -0.1) is 0 Å². The summed E-state index contributed by atoms with van der Waals surface area (Å²) in [5, 5.41) is 2.21. The number of hydrogen-bond donors (Lipinski definition) is 0. The summed E-state index contributed by atoms with van der Waals surface area (Å²) in [5.41, 5.74) is 1.33. The van der Waals surface area contributed by atoms with E-state index in [4.69, 9.17) is 4.84 Å². The highest BCUT2D eigenvalue weighted by Crippen LogP contribution is 2.22. The summed E-state index contributed by atoms with van der Waals surface area (Å²) >= 11 is 0. The van der Waals surface area contributed by atoms with Gasteiger partial charge >= 0.3 is 0 Å². The Morgan fingerprint density at radius 1 is 1.16 bits per heavy atom. The second kappa shape index (κ2) is 7.83. The average Bonchev–Trinajstić information content (AvgIpc) is 2.36. The zero-order chi connectivity index (χ0) is 14.3. The van der Waals surface area contributed by atoms with Gasteiger partial charge in [-0.1, -0.05) is 63.3 Å². The van der Waals surface area contributed by atoms with Crippen LogP contribution in [0, 0.1) is 0 Å². The molecule has 0 spiro atoms. The van der Waals surface area contributed by atoms with E-state index in [1.807, 2.05) is 0 Å². The van der Waals surface area contributed by atoms with Crippen molar-refractivity contribution in [3.63, 3.8) is 0 Å². The minimum absolute atomic E-state index is 0.324. The first-order chi connectivity index (χ1) is 8.94. The van der Waals surface area contributed by atoms with Gasteiger partial charge in [-0.2, -0.15) is 5.06 Å². The van der Waals surface area contributed by atoms with Crippen LogP contribution in [0.1, 0.15) is 38.3 Å². The Labute approximate surface area is 119 Å². The molecule has 0 aliphatic heterocycles. The number of benzene rings is 1. The smallest absolute Gasteiger partial charge is 0.0685 e. The third kappa shape index (κ3) is 6.37. The summed E-state index contributed by atoms with van der Waals surface area (Å²) in [6, 6.07) is 11.0. The molecule has 0 aliphatic carbocycles. The van der Waals surface area contributed by atoms with Crippen molar-refractivity contribution in [1.82, 2.24) is 5.06 Å². The van der Waals surface area contributed by atoms with Crippen LogP contribution in [0.5, 0.6) is 0 Å². The average molecular weight is 280 g/mol. The van der Waals surface area contributed by atoms with E-state index in [-0.39, 0.29) is 0 Å². The molecule has 3 heteroatoms. The fraction of sp³-hybridized carbons (Fsp3) is 0.625. The SMILES string of the molecule is CCCCON(C[Si](C)(C)C)C(C)c1ccccc1. The first-order valence-electron chi connectivity index (χ1n) is 7.38. The Morgan fingerprint density at radius 3 is 2.32 bits per heavy atom. The Kier molecular flexibility index (Phi) is 6.76. The van der Waals surface area contributed by atoms with Crippen LogP contribution in [-0.2, 0) is 4.84 Å². The maximum atomic E-state index is 6.04. The second-order valence-corrected chi connectivity index (χ2v) is 11.8. The number of rotatable bonds is 8. The van der Waals surface area contributed by atoms with E-state index in [0.29, 0.717) is 6.04 Å². The summed E-state index contributed by atoms with van der Waals surface area (Å²) in [5.74, 6) is 0. The molecular weight excluding hydrogens is 250 g/mol. The van der Waals surface area contributed by atoms with Crippen molar-refractivity contribution in [3.05, 3.63) is 35.9 Å². The van der Waals surface area contributed by atoms with E-state index in [1.54, 1.807) is 0 Å². The lowest BCUT2D eigenvalue weighted by Gasteiger charge is -2.33. The molecule has 1 rings (SSSR count). The van der Waals surface area contributed by atoms with Gasteiger partial charge in [0, 0.05) is 6.17 Å². The molecule has 0 fully saturated rings. The molecule has 108 valence electrons. The molecule has 0 saturated heterocycles. The summed E-state index contributed by atoms with van der Waals surface area (Å²) in [6.07, 6.45) is 3.39. The van der Waals surface area contributed by atoms with E-state index < -0.39 is 8.07 Å². The third-order valence-corrected chi connectivity index (χ3v) is 4.36. The Balaban J connectivity index is 2.71. The molecule has 1 aromatic rings. The fourth-order valence-corrected chi connectivity index (χ4v) is 3.29. The van der Waals surface area contributed by atoms with Crippen LogP contribution in [-0.4, -0.2) is 25.9 Å². The number of hydrogen-bond acceptors (Lipinski definition) is 2. The highest BCUT2D eigenvalue weighted by atomic mass is 28.3. The summed E-state index contributed by atoms with van der Waals surface area (Å²) in [4.78, 5) is 6.04. The minimum Gasteiger partial charge on any atom is -0.299 e. The first kappa shape index (κ1) is 16.4. The number of nitrogens with zero attached hydrogens (tertiary/aromatic N) is 1. The van der Waals surface area contributed by atoms with Crippen LogP contribution in [0.25, 0.3) is 0 Å². The zero-order valence-electron chi connectivity index (χ0n) is 13.1. The van der Waals surface area contributed by atoms with Crippen molar-refractivity contribution < 1.29 is 4.84 Å². The monoisotopic (exact) mass is 279 g/mol. The van der Waals surface area contributed by atoms with Crippen molar-refractivity contribution in [1.29, 1.82) is 0 Å². The molecule has 0 saturated carbocycles. The van der Waals surface area contributed by atoms with Gasteiger partial charge in [0.1, 0.15) is 0 Å². The fourth-order valence-electron chi connectivity index (χ4n) is 1.99. The van der Waals surface area contributed by atoms with Gasteiger partial charge in [-0.3, -0.25) is 4.84 Å². The molecule has 0 aliphatic rings. The lowest BCUT2D eigenvalue weighted by atomic mass is 10.1. The third-order valence-electron chi connectivity index (χ3n) is 3.10. The lowest BCUT2D eigenvalue weighted by molar-refractivity contribution is -0.174. The zero-order valence-corrected chi connectivity index (χ0v) is 14.1. The molecule has 1 unspecified atom stereocenters. The van der Waals surface area contributed by atoms with E-state index in [2.05, 4.69) is 68.9 Å². The molecule has 0 N–H and O–H groups in total. The van der Waals surface area contributed by atoms with Gasteiger partial charge in [-0.05, 0) is 18.9 Å². The maximum absolute atomic E-state index is 6.04. The highest BCUT2D eigenvalue weighted by Gasteiger charge is 2.24. The Hall–Kier alpha value is -0.643. The molecule has 0 amide bonds. The van der Waals surface area contributed by atoms with E-state index >= 15 is 0 Å². The quantitative estimate of drug-likeness (QED) is 0.390. The molecule has 2 nitrogen and oxygen atoms in total. The summed E-state index contributed by atoms with van der Waals surface area (Å²) in [6.45, 7) is 12.4. The number of hydroxylamine groups is 2. The van der Waals surface area contributed by atoms with Crippen LogP contribution < -0.4 is 0 Å². The molecule has 0 aromatic heterocycles. The minimum atomic E-state index is -1.18. The highest BCUT2D eigenvalue weighted by molar-refractivity contribution is 6.76. The molecule has 0 radical (unpaired) electrons. The summed E-state index contributed by atoms with van der Waals surface area (Å²) < 4.78 is 0. The van der Waals surface area contributed by atoms with Crippen LogP contribution >= 0.6 is 0 Å². The van der Waals surface area contributed by atoms with Crippen LogP contribution in [0.2, 0.25) is 19.6 Å². The largest absolute Gasteiger partial charge is 0.299 e. The van der Waals surface area contributed by atoms with Crippen molar-refractivity contribution in [3.8, 4) is 0 Å². The van der Waals surface area contributed by atoms with Gasteiger partial charge < -0.3 is 0 Å². The standard InChI is InChI=1S/C16H29NOSi/c1-6-7-13-18-17(14-19(3,4)5)15(2)16-11-9-8-10-12-16/h8-12,15H,6-7,13-14H2,1-5H3. The van der Waals surface area contributed by atoms with Gasteiger partial charge in [0.25, 0.3) is 0 Å². The summed E-state index contributed by atoms with van der Waals surface area (Å²) in [7, 11) is -1.18. The molecule has 19 heavy (non-hydrogen) atoms.